The van der Waals surface area contributed by atoms with E-state index in [1.165, 1.54) is 6.42 Å². The van der Waals surface area contributed by atoms with E-state index in [-0.39, 0.29) is 11.4 Å². The lowest BCUT2D eigenvalue weighted by Crippen LogP contribution is -2.64. The largest absolute Gasteiger partial charge is 0.455 e. The molecule has 2 unspecified atom stereocenters. The first kappa shape index (κ1) is 16.0. The van der Waals surface area contributed by atoms with Crippen molar-refractivity contribution in [1.82, 2.24) is 0 Å². The summed E-state index contributed by atoms with van der Waals surface area (Å²) >= 11 is 0. The highest BCUT2D eigenvalue weighted by molar-refractivity contribution is 5.87. The molecule has 4 saturated carbocycles. The zero-order chi connectivity index (χ0) is 16.2. The lowest BCUT2D eigenvalue weighted by molar-refractivity contribution is -0.241. The van der Waals surface area contributed by atoms with Crippen molar-refractivity contribution in [2.24, 2.45) is 17.3 Å². The van der Waals surface area contributed by atoms with Crippen LogP contribution >= 0.6 is 0 Å². The predicted octanol–water partition coefficient (Wildman–Crippen LogP) is 4.00. The van der Waals surface area contributed by atoms with Crippen LogP contribution in [-0.2, 0) is 9.53 Å². The molecule has 0 aromatic carbocycles. The van der Waals surface area contributed by atoms with Crippen molar-refractivity contribution in [2.45, 2.75) is 83.3 Å². The molecule has 0 aromatic heterocycles. The minimum absolute atomic E-state index is 0.0412. The number of rotatable bonds is 5. The third-order valence-electron chi connectivity index (χ3n) is 6.78. The number of ether oxygens (including phenoxy) is 1. The SMILES string of the molecule is C=C(C)C(=O)OC(CC)(CC)C12CC3CC(CC(O)(C3)C1)C2. The van der Waals surface area contributed by atoms with E-state index in [2.05, 4.69) is 20.4 Å². The smallest absolute Gasteiger partial charge is 0.333 e. The van der Waals surface area contributed by atoms with E-state index < -0.39 is 11.2 Å². The molecule has 4 bridgehead atoms. The monoisotopic (exact) mass is 306 g/mol. The summed E-state index contributed by atoms with van der Waals surface area (Å²) in [5, 5.41) is 11.0. The molecule has 4 fully saturated rings. The number of carbonyl (C=O) groups excluding carboxylic acids is 1. The highest BCUT2D eigenvalue weighted by atomic mass is 16.6. The highest BCUT2D eigenvalue weighted by Gasteiger charge is 2.64. The van der Waals surface area contributed by atoms with Crippen LogP contribution in [0.1, 0.15) is 72.1 Å². The van der Waals surface area contributed by atoms with Crippen molar-refractivity contribution in [3.05, 3.63) is 12.2 Å². The molecule has 1 N–H and O–H groups in total. The van der Waals surface area contributed by atoms with Crippen molar-refractivity contribution >= 4 is 5.97 Å². The lowest BCUT2D eigenvalue weighted by atomic mass is 9.43. The second kappa shape index (κ2) is 5.09. The first-order valence-electron chi connectivity index (χ1n) is 8.88. The fraction of sp³-hybridized carbons (Fsp3) is 0.842. The van der Waals surface area contributed by atoms with Crippen LogP contribution in [0.5, 0.6) is 0 Å². The van der Waals surface area contributed by atoms with Gasteiger partial charge in [-0.1, -0.05) is 20.4 Å². The standard InChI is InChI=1S/C19H30O3/c1-5-19(6-2,22-16(20)13(3)4)17-8-14-7-15(9-17)11-18(21,10-14)12-17/h14-15,21H,3,5-12H2,1-2,4H3. The fourth-order valence-electron chi connectivity index (χ4n) is 6.26. The Balaban J connectivity index is 1.97. The summed E-state index contributed by atoms with van der Waals surface area (Å²) in [6.45, 7) is 9.70. The molecule has 3 heteroatoms. The molecule has 2 atom stereocenters. The average molecular weight is 306 g/mol. The van der Waals surface area contributed by atoms with E-state index in [0.29, 0.717) is 17.4 Å². The molecule has 4 rings (SSSR count). The molecular weight excluding hydrogens is 276 g/mol. The van der Waals surface area contributed by atoms with Crippen molar-refractivity contribution in [3.8, 4) is 0 Å². The molecule has 124 valence electrons. The van der Waals surface area contributed by atoms with Gasteiger partial charge < -0.3 is 9.84 Å². The van der Waals surface area contributed by atoms with Gasteiger partial charge in [-0.3, -0.25) is 0 Å². The molecule has 3 nitrogen and oxygen atoms in total. The van der Waals surface area contributed by atoms with E-state index in [4.69, 9.17) is 4.74 Å². The maximum atomic E-state index is 12.3. The number of aliphatic hydroxyl groups is 1. The summed E-state index contributed by atoms with van der Waals surface area (Å²) in [5.41, 5.74) is -0.542. The summed E-state index contributed by atoms with van der Waals surface area (Å²) in [5.74, 6) is 0.936. The van der Waals surface area contributed by atoms with Gasteiger partial charge in [-0.05, 0) is 70.1 Å². The molecule has 4 aliphatic carbocycles. The first-order chi connectivity index (χ1) is 10.3. The number of carbonyl (C=O) groups is 1. The molecule has 0 spiro atoms. The van der Waals surface area contributed by atoms with Crippen molar-refractivity contribution in [2.75, 3.05) is 0 Å². The number of hydrogen-bond acceptors (Lipinski definition) is 3. The molecule has 0 radical (unpaired) electrons. The number of hydrogen-bond donors (Lipinski definition) is 1. The quantitative estimate of drug-likeness (QED) is 0.617. The zero-order valence-electron chi connectivity index (χ0n) is 14.3. The van der Waals surface area contributed by atoms with E-state index in [0.717, 1.165) is 44.9 Å². The summed E-state index contributed by atoms with van der Waals surface area (Å²) < 4.78 is 6.08. The van der Waals surface area contributed by atoms with Gasteiger partial charge in [-0.25, -0.2) is 4.79 Å². The molecule has 0 heterocycles. The van der Waals surface area contributed by atoms with Crippen LogP contribution in [0.4, 0.5) is 0 Å². The van der Waals surface area contributed by atoms with Crippen LogP contribution in [0.2, 0.25) is 0 Å². The summed E-state index contributed by atoms with van der Waals surface area (Å²) in [6.07, 6.45) is 7.80. The van der Waals surface area contributed by atoms with Crippen LogP contribution in [-0.4, -0.2) is 22.3 Å². The Morgan fingerprint density at radius 2 is 1.77 bits per heavy atom. The molecule has 4 aliphatic rings. The topological polar surface area (TPSA) is 46.5 Å². The van der Waals surface area contributed by atoms with Gasteiger partial charge in [0.15, 0.2) is 0 Å². The van der Waals surface area contributed by atoms with Gasteiger partial charge in [0, 0.05) is 11.0 Å². The van der Waals surface area contributed by atoms with Crippen molar-refractivity contribution in [3.63, 3.8) is 0 Å². The van der Waals surface area contributed by atoms with E-state index in [1.54, 1.807) is 6.92 Å². The van der Waals surface area contributed by atoms with Crippen LogP contribution in [0.15, 0.2) is 12.2 Å². The second-order valence-electron chi connectivity index (χ2n) is 8.34. The molecule has 0 amide bonds. The minimum atomic E-state index is -0.519. The summed E-state index contributed by atoms with van der Waals surface area (Å²) in [4.78, 5) is 12.3. The van der Waals surface area contributed by atoms with Gasteiger partial charge in [-0.2, -0.15) is 0 Å². The Bertz CT molecular complexity index is 475. The predicted molar refractivity (Wildman–Crippen MR) is 86.3 cm³/mol. The Hall–Kier alpha value is -0.830. The second-order valence-corrected chi connectivity index (χ2v) is 8.34. The number of esters is 1. The van der Waals surface area contributed by atoms with Gasteiger partial charge in [0.1, 0.15) is 5.60 Å². The first-order valence-corrected chi connectivity index (χ1v) is 8.88. The molecule has 0 aliphatic heterocycles. The molecule has 0 saturated heterocycles. The third kappa shape index (κ3) is 2.24. The Labute approximate surface area is 134 Å². The Morgan fingerprint density at radius 1 is 1.23 bits per heavy atom. The maximum absolute atomic E-state index is 12.3. The maximum Gasteiger partial charge on any atom is 0.333 e. The lowest BCUT2D eigenvalue weighted by Gasteiger charge is -2.65. The van der Waals surface area contributed by atoms with E-state index in [1.807, 2.05) is 0 Å². The van der Waals surface area contributed by atoms with Gasteiger partial charge in [0.2, 0.25) is 0 Å². The van der Waals surface area contributed by atoms with E-state index >= 15 is 0 Å². The van der Waals surface area contributed by atoms with Crippen LogP contribution < -0.4 is 0 Å². The van der Waals surface area contributed by atoms with Crippen LogP contribution in [0, 0.1) is 17.3 Å². The van der Waals surface area contributed by atoms with Gasteiger partial charge in [0.05, 0.1) is 5.60 Å². The molecular formula is C19H30O3. The summed E-state index contributed by atoms with van der Waals surface area (Å²) in [6, 6.07) is 0. The van der Waals surface area contributed by atoms with E-state index in [9.17, 15) is 9.90 Å². The third-order valence-corrected chi connectivity index (χ3v) is 6.78. The minimum Gasteiger partial charge on any atom is -0.455 e. The zero-order valence-corrected chi connectivity index (χ0v) is 14.3. The van der Waals surface area contributed by atoms with Gasteiger partial charge in [-0.15, -0.1) is 0 Å². The normalized spacial score (nSPS) is 39.8. The van der Waals surface area contributed by atoms with Gasteiger partial charge >= 0.3 is 5.97 Å². The molecule has 0 aromatic rings. The highest BCUT2D eigenvalue weighted by Crippen LogP contribution is 2.66. The van der Waals surface area contributed by atoms with Crippen LogP contribution in [0.25, 0.3) is 0 Å². The Kier molecular flexibility index (Phi) is 3.71. The summed E-state index contributed by atoms with van der Waals surface area (Å²) in [7, 11) is 0. The average Bonchev–Trinajstić information content (AvgIpc) is 2.41. The van der Waals surface area contributed by atoms with Gasteiger partial charge in [0.25, 0.3) is 0 Å². The van der Waals surface area contributed by atoms with Crippen molar-refractivity contribution < 1.29 is 14.6 Å². The van der Waals surface area contributed by atoms with Crippen molar-refractivity contribution in [1.29, 1.82) is 0 Å². The Morgan fingerprint density at radius 3 is 2.18 bits per heavy atom. The fourth-order valence-corrected chi connectivity index (χ4v) is 6.26. The molecule has 22 heavy (non-hydrogen) atoms. The van der Waals surface area contributed by atoms with Crippen LogP contribution in [0.3, 0.4) is 0 Å².